The molecule has 0 aromatic carbocycles. The topological polar surface area (TPSA) is 0 Å². The summed E-state index contributed by atoms with van der Waals surface area (Å²) in [7, 11) is 0. The Hall–Kier alpha value is -0.330. The second kappa shape index (κ2) is 4.78. The Morgan fingerprint density at radius 3 is 2.08 bits per heavy atom. The van der Waals surface area contributed by atoms with Crippen molar-refractivity contribution in [2.45, 2.75) is 53.6 Å². The third-order valence-corrected chi connectivity index (χ3v) is 2.13. The van der Waals surface area contributed by atoms with Crippen molar-refractivity contribution in [2.24, 2.45) is 11.3 Å². The van der Waals surface area contributed by atoms with Gasteiger partial charge in [0.2, 0.25) is 0 Å². The van der Waals surface area contributed by atoms with Gasteiger partial charge < -0.3 is 0 Å². The largest absolute Gasteiger partial charge is 0.247 e. The first kappa shape index (κ1) is 12.7. The summed E-state index contributed by atoms with van der Waals surface area (Å²) in [4.78, 5) is 0. The molecule has 0 aliphatic rings. The Morgan fingerprint density at radius 2 is 1.77 bits per heavy atom. The van der Waals surface area contributed by atoms with Crippen LogP contribution in [-0.2, 0) is 0 Å². The van der Waals surface area contributed by atoms with Crippen molar-refractivity contribution in [3.8, 4) is 0 Å². The van der Waals surface area contributed by atoms with Crippen LogP contribution in [0.1, 0.15) is 47.5 Å². The summed E-state index contributed by atoms with van der Waals surface area (Å²) in [5.74, 6) is 0.401. The van der Waals surface area contributed by atoms with Gasteiger partial charge in [0.1, 0.15) is 6.17 Å². The molecule has 1 atom stereocenters. The third-order valence-electron chi connectivity index (χ3n) is 2.13. The molecule has 0 fully saturated rings. The Kier molecular flexibility index (Phi) is 4.66. The minimum Gasteiger partial charge on any atom is -0.247 e. The van der Waals surface area contributed by atoms with E-state index in [0.29, 0.717) is 18.8 Å². The average Bonchev–Trinajstić information content (AvgIpc) is 1.81. The van der Waals surface area contributed by atoms with Crippen molar-refractivity contribution >= 4 is 0 Å². The van der Waals surface area contributed by atoms with E-state index in [1.807, 2.05) is 0 Å². The summed E-state index contributed by atoms with van der Waals surface area (Å²) in [5.41, 5.74) is 1.10. The van der Waals surface area contributed by atoms with E-state index in [1.54, 1.807) is 0 Å². The molecule has 1 unspecified atom stereocenters. The molecular formula is C12H23F. The predicted octanol–water partition coefficient (Wildman–Crippen LogP) is 4.36. The molecule has 78 valence electrons. The maximum atomic E-state index is 13.4. The lowest BCUT2D eigenvalue weighted by molar-refractivity contribution is 0.220. The van der Waals surface area contributed by atoms with E-state index < -0.39 is 6.17 Å². The number of hydrogen-bond acceptors (Lipinski definition) is 0. The predicted molar refractivity (Wildman–Crippen MR) is 57.6 cm³/mol. The zero-order valence-corrected chi connectivity index (χ0v) is 9.65. The molecule has 0 nitrogen and oxygen atoms in total. The van der Waals surface area contributed by atoms with Gasteiger partial charge in [0.15, 0.2) is 0 Å². The summed E-state index contributed by atoms with van der Waals surface area (Å²) in [6.07, 6.45) is 0.420. The van der Waals surface area contributed by atoms with Gasteiger partial charge in [-0.15, -0.1) is 0 Å². The maximum absolute atomic E-state index is 13.4. The first-order chi connectivity index (χ1) is 5.72. The lowest BCUT2D eigenvalue weighted by Gasteiger charge is -2.22. The van der Waals surface area contributed by atoms with Crippen LogP contribution in [0.4, 0.5) is 4.39 Å². The average molecular weight is 186 g/mol. The fourth-order valence-electron chi connectivity index (χ4n) is 1.26. The van der Waals surface area contributed by atoms with Gasteiger partial charge in [-0.3, -0.25) is 0 Å². The van der Waals surface area contributed by atoms with Crippen molar-refractivity contribution in [1.29, 1.82) is 0 Å². The molecule has 0 amide bonds. The van der Waals surface area contributed by atoms with E-state index in [2.05, 4.69) is 41.2 Å². The van der Waals surface area contributed by atoms with Crippen molar-refractivity contribution < 1.29 is 4.39 Å². The Bertz CT molecular complexity index is 162. The first-order valence-electron chi connectivity index (χ1n) is 5.04. The van der Waals surface area contributed by atoms with Crippen molar-refractivity contribution in [2.75, 3.05) is 0 Å². The fourth-order valence-corrected chi connectivity index (χ4v) is 1.26. The van der Waals surface area contributed by atoms with Crippen LogP contribution in [-0.4, -0.2) is 6.17 Å². The van der Waals surface area contributed by atoms with E-state index >= 15 is 0 Å². The van der Waals surface area contributed by atoms with E-state index in [-0.39, 0.29) is 5.41 Å². The van der Waals surface area contributed by atoms with Gasteiger partial charge in [-0.2, -0.15) is 0 Å². The molecule has 0 aliphatic carbocycles. The number of alkyl halides is 1. The molecule has 0 saturated heterocycles. The molecule has 0 spiro atoms. The lowest BCUT2D eigenvalue weighted by atomic mass is 9.86. The van der Waals surface area contributed by atoms with Crippen LogP contribution in [0, 0.1) is 11.3 Å². The highest BCUT2D eigenvalue weighted by atomic mass is 19.1. The Labute approximate surface area is 82.2 Å². The van der Waals surface area contributed by atoms with Crippen molar-refractivity contribution in [1.82, 2.24) is 0 Å². The molecule has 0 aromatic rings. The molecule has 1 heteroatoms. The molecular weight excluding hydrogens is 163 g/mol. The van der Waals surface area contributed by atoms with E-state index in [4.69, 9.17) is 0 Å². The van der Waals surface area contributed by atoms with Crippen LogP contribution in [0.25, 0.3) is 0 Å². The summed E-state index contributed by atoms with van der Waals surface area (Å²) in [5, 5.41) is 0. The van der Waals surface area contributed by atoms with Crippen LogP contribution in [0.3, 0.4) is 0 Å². The van der Waals surface area contributed by atoms with Gasteiger partial charge in [0.05, 0.1) is 0 Å². The summed E-state index contributed by atoms with van der Waals surface area (Å²) in [6.45, 7) is 14.2. The van der Waals surface area contributed by atoms with Crippen LogP contribution in [0.2, 0.25) is 0 Å². The van der Waals surface area contributed by atoms with Gasteiger partial charge in [-0.1, -0.05) is 46.8 Å². The zero-order valence-electron chi connectivity index (χ0n) is 9.65. The monoisotopic (exact) mass is 186 g/mol. The smallest absolute Gasteiger partial charge is 0.104 e. The zero-order chi connectivity index (χ0) is 10.6. The number of rotatable bonds is 4. The SMILES string of the molecule is C=C(CC(F)CC(C)(C)C)C(C)C. The third kappa shape index (κ3) is 6.80. The fraction of sp³-hybridized carbons (Fsp3) is 0.833. The Balaban J connectivity index is 3.88. The van der Waals surface area contributed by atoms with Gasteiger partial charge in [0.25, 0.3) is 0 Å². The molecule has 0 rings (SSSR count). The number of allylic oxidation sites excluding steroid dienone is 1. The minimum atomic E-state index is -0.727. The van der Waals surface area contributed by atoms with Crippen LogP contribution in [0.5, 0.6) is 0 Å². The van der Waals surface area contributed by atoms with Gasteiger partial charge >= 0.3 is 0 Å². The second-order valence-corrected chi connectivity index (χ2v) is 5.38. The molecule has 13 heavy (non-hydrogen) atoms. The highest BCUT2D eigenvalue weighted by molar-refractivity contribution is 4.99. The highest BCUT2D eigenvalue weighted by Gasteiger charge is 2.19. The molecule has 0 bridgehead atoms. The van der Waals surface area contributed by atoms with Crippen LogP contribution >= 0.6 is 0 Å². The first-order valence-corrected chi connectivity index (χ1v) is 5.04. The quantitative estimate of drug-likeness (QED) is 0.572. The number of hydrogen-bond donors (Lipinski definition) is 0. The van der Waals surface area contributed by atoms with E-state index in [1.165, 1.54) is 0 Å². The molecule has 0 aromatic heterocycles. The van der Waals surface area contributed by atoms with Crippen LogP contribution in [0.15, 0.2) is 12.2 Å². The molecule has 0 saturated carbocycles. The van der Waals surface area contributed by atoms with Gasteiger partial charge in [-0.05, 0) is 24.2 Å². The second-order valence-electron chi connectivity index (χ2n) is 5.38. The summed E-state index contributed by atoms with van der Waals surface area (Å²) >= 11 is 0. The minimum absolute atomic E-state index is 0.0800. The molecule has 0 N–H and O–H groups in total. The number of halogens is 1. The van der Waals surface area contributed by atoms with Crippen molar-refractivity contribution in [3.63, 3.8) is 0 Å². The highest BCUT2D eigenvalue weighted by Crippen LogP contribution is 2.26. The Morgan fingerprint density at radius 1 is 1.31 bits per heavy atom. The van der Waals surface area contributed by atoms with Gasteiger partial charge in [-0.25, -0.2) is 4.39 Å². The maximum Gasteiger partial charge on any atom is 0.104 e. The molecule has 0 radical (unpaired) electrons. The van der Waals surface area contributed by atoms with Gasteiger partial charge in [0, 0.05) is 0 Å². The summed E-state index contributed by atoms with van der Waals surface area (Å²) in [6, 6.07) is 0. The van der Waals surface area contributed by atoms with E-state index in [0.717, 1.165) is 5.57 Å². The summed E-state index contributed by atoms with van der Waals surface area (Å²) < 4.78 is 13.4. The van der Waals surface area contributed by atoms with E-state index in [9.17, 15) is 4.39 Å². The lowest BCUT2D eigenvalue weighted by Crippen LogP contribution is -2.15. The molecule has 0 aliphatic heterocycles. The standard InChI is InChI=1S/C12H23F/c1-9(2)10(3)7-11(13)8-12(4,5)6/h9,11H,3,7-8H2,1-2,4-6H3. The molecule has 0 heterocycles. The van der Waals surface area contributed by atoms with Crippen molar-refractivity contribution in [3.05, 3.63) is 12.2 Å². The van der Waals surface area contributed by atoms with Crippen LogP contribution < -0.4 is 0 Å². The normalized spacial score (nSPS) is 14.7.